The molecule has 0 aliphatic rings. The van der Waals surface area contributed by atoms with E-state index in [0.717, 1.165) is 19.3 Å². The predicted octanol–water partition coefficient (Wildman–Crippen LogP) is 3.23. The second-order valence-electron chi connectivity index (χ2n) is 5.92. The molecule has 19 heavy (non-hydrogen) atoms. The van der Waals surface area contributed by atoms with Crippen molar-refractivity contribution in [3.63, 3.8) is 0 Å². The molecule has 0 bridgehead atoms. The molecule has 4 nitrogen and oxygen atoms in total. The molecular weight excluding hydrogens is 240 g/mol. The molecule has 0 spiro atoms. The van der Waals surface area contributed by atoms with Crippen molar-refractivity contribution in [2.45, 2.75) is 71.6 Å². The van der Waals surface area contributed by atoms with E-state index in [4.69, 9.17) is 4.74 Å². The van der Waals surface area contributed by atoms with Gasteiger partial charge < -0.3 is 15.4 Å². The standard InChI is InChI=1S/C15H30N2O2/c1-7-9-10-12(3)17-13(8-2)11-16-14(18)19-15(4,5)6/h7,12-13,17H,1,8-11H2,2-6H3,(H,16,18). The van der Waals surface area contributed by atoms with Gasteiger partial charge in [-0.25, -0.2) is 4.79 Å². The third-order valence-electron chi connectivity index (χ3n) is 2.71. The van der Waals surface area contributed by atoms with Crippen molar-refractivity contribution in [3.8, 4) is 0 Å². The Morgan fingerprint density at radius 1 is 1.42 bits per heavy atom. The van der Waals surface area contributed by atoms with Gasteiger partial charge in [0.05, 0.1) is 0 Å². The van der Waals surface area contributed by atoms with E-state index < -0.39 is 5.60 Å². The number of hydrogen-bond donors (Lipinski definition) is 2. The third-order valence-corrected chi connectivity index (χ3v) is 2.71. The van der Waals surface area contributed by atoms with Crippen LogP contribution in [0.4, 0.5) is 4.79 Å². The highest BCUT2D eigenvalue weighted by atomic mass is 16.6. The molecule has 0 saturated heterocycles. The van der Waals surface area contributed by atoms with Gasteiger partial charge in [-0.1, -0.05) is 13.0 Å². The number of alkyl carbamates (subject to hydrolysis) is 1. The topological polar surface area (TPSA) is 50.4 Å². The fourth-order valence-electron chi connectivity index (χ4n) is 1.70. The van der Waals surface area contributed by atoms with Crippen LogP contribution in [0.5, 0.6) is 0 Å². The Bertz CT molecular complexity index is 272. The van der Waals surface area contributed by atoms with E-state index in [9.17, 15) is 4.79 Å². The van der Waals surface area contributed by atoms with Crippen LogP contribution in [0.1, 0.15) is 53.9 Å². The van der Waals surface area contributed by atoms with Gasteiger partial charge in [0.2, 0.25) is 0 Å². The average Bonchev–Trinajstić information content (AvgIpc) is 2.29. The Balaban J connectivity index is 3.99. The molecule has 0 fully saturated rings. The largest absolute Gasteiger partial charge is 0.444 e. The Kier molecular flexibility index (Phi) is 8.48. The lowest BCUT2D eigenvalue weighted by atomic mass is 10.1. The van der Waals surface area contributed by atoms with Crippen molar-refractivity contribution in [2.24, 2.45) is 0 Å². The van der Waals surface area contributed by atoms with E-state index in [-0.39, 0.29) is 12.1 Å². The zero-order valence-corrected chi connectivity index (χ0v) is 13.1. The zero-order valence-electron chi connectivity index (χ0n) is 13.1. The van der Waals surface area contributed by atoms with Gasteiger partial charge in [-0.3, -0.25) is 0 Å². The molecule has 0 aliphatic heterocycles. The second-order valence-corrected chi connectivity index (χ2v) is 5.92. The van der Waals surface area contributed by atoms with Crippen LogP contribution in [0.2, 0.25) is 0 Å². The molecule has 0 heterocycles. The highest BCUT2D eigenvalue weighted by Crippen LogP contribution is 2.06. The molecule has 2 unspecified atom stereocenters. The summed E-state index contributed by atoms with van der Waals surface area (Å²) in [6.07, 6.45) is 4.61. The summed E-state index contributed by atoms with van der Waals surface area (Å²) in [5, 5.41) is 6.31. The highest BCUT2D eigenvalue weighted by molar-refractivity contribution is 5.67. The molecule has 0 aromatic carbocycles. The van der Waals surface area contributed by atoms with Crippen molar-refractivity contribution in [3.05, 3.63) is 12.7 Å². The molecule has 0 radical (unpaired) electrons. The van der Waals surface area contributed by atoms with Gasteiger partial charge in [0.1, 0.15) is 5.60 Å². The van der Waals surface area contributed by atoms with Gasteiger partial charge in [-0.15, -0.1) is 6.58 Å². The first-order valence-corrected chi connectivity index (χ1v) is 7.12. The van der Waals surface area contributed by atoms with Crippen LogP contribution in [0.15, 0.2) is 12.7 Å². The number of ether oxygens (including phenoxy) is 1. The Morgan fingerprint density at radius 2 is 2.05 bits per heavy atom. The Morgan fingerprint density at radius 3 is 2.53 bits per heavy atom. The lowest BCUT2D eigenvalue weighted by Crippen LogP contribution is -2.45. The maximum atomic E-state index is 11.6. The van der Waals surface area contributed by atoms with E-state index in [1.54, 1.807) is 0 Å². The van der Waals surface area contributed by atoms with Gasteiger partial charge in [0.25, 0.3) is 0 Å². The monoisotopic (exact) mass is 270 g/mol. The molecule has 0 saturated carbocycles. The van der Waals surface area contributed by atoms with Crippen LogP contribution < -0.4 is 10.6 Å². The summed E-state index contributed by atoms with van der Waals surface area (Å²) < 4.78 is 5.21. The number of carbonyl (C=O) groups excluding carboxylic acids is 1. The van der Waals surface area contributed by atoms with Gasteiger partial charge in [0, 0.05) is 18.6 Å². The van der Waals surface area contributed by atoms with Crippen LogP contribution in [-0.2, 0) is 4.74 Å². The summed E-state index contributed by atoms with van der Waals surface area (Å²) in [6, 6.07) is 0.690. The first-order chi connectivity index (χ1) is 8.78. The summed E-state index contributed by atoms with van der Waals surface area (Å²) in [5.74, 6) is 0. The minimum Gasteiger partial charge on any atom is -0.444 e. The van der Waals surface area contributed by atoms with Crippen LogP contribution in [0, 0.1) is 0 Å². The van der Waals surface area contributed by atoms with Crippen molar-refractivity contribution < 1.29 is 9.53 Å². The van der Waals surface area contributed by atoms with Gasteiger partial charge in [-0.05, 0) is 47.0 Å². The van der Waals surface area contributed by atoms with E-state index in [1.165, 1.54) is 0 Å². The fourth-order valence-corrected chi connectivity index (χ4v) is 1.70. The van der Waals surface area contributed by atoms with E-state index in [2.05, 4.69) is 31.1 Å². The Labute approximate surface area is 118 Å². The maximum Gasteiger partial charge on any atom is 0.407 e. The van der Waals surface area contributed by atoms with Crippen LogP contribution in [-0.4, -0.2) is 30.3 Å². The predicted molar refractivity (Wildman–Crippen MR) is 80.3 cm³/mol. The molecule has 1 amide bonds. The van der Waals surface area contributed by atoms with Crippen LogP contribution >= 0.6 is 0 Å². The van der Waals surface area contributed by atoms with E-state index >= 15 is 0 Å². The average molecular weight is 270 g/mol. The van der Waals surface area contributed by atoms with Crippen molar-refractivity contribution in [2.75, 3.05) is 6.54 Å². The number of rotatable bonds is 8. The molecule has 4 heteroatoms. The Hall–Kier alpha value is -1.03. The first kappa shape index (κ1) is 18.0. The summed E-state index contributed by atoms with van der Waals surface area (Å²) in [7, 11) is 0. The molecule has 0 rings (SSSR count). The number of allylic oxidation sites excluding steroid dienone is 1. The SMILES string of the molecule is C=CCCC(C)NC(CC)CNC(=O)OC(C)(C)C. The lowest BCUT2D eigenvalue weighted by molar-refractivity contribution is 0.0521. The molecule has 2 atom stereocenters. The quantitative estimate of drug-likeness (QED) is 0.666. The van der Waals surface area contributed by atoms with Crippen molar-refractivity contribution in [1.82, 2.24) is 10.6 Å². The minimum atomic E-state index is -0.448. The molecule has 0 aromatic rings. The van der Waals surface area contributed by atoms with Crippen LogP contribution in [0.25, 0.3) is 0 Å². The summed E-state index contributed by atoms with van der Waals surface area (Å²) in [5.41, 5.74) is -0.448. The number of carbonyl (C=O) groups is 1. The summed E-state index contributed by atoms with van der Waals surface area (Å²) in [4.78, 5) is 11.6. The fraction of sp³-hybridized carbons (Fsp3) is 0.800. The molecule has 0 aliphatic carbocycles. The number of nitrogens with one attached hydrogen (secondary N) is 2. The van der Waals surface area contributed by atoms with Gasteiger partial charge in [0.15, 0.2) is 0 Å². The van der Waals surface area contributed by atoms with Crippen LogP contribution in [0.3, 0.4) is 0 Å². The number of amides is 1. The molecule has 2 N–H and O–H groups in total. The van der Waals surface area contributed by atoms with Gasteiger partial charge in [-0.2, -0.15) is 0 Å². The second kappa shape index (κ2) is 8.97. The first-order valence-electron chi connectivity index (χ1n) is 7.12. The maximum absolute atomic E-state index is 11.6. The molecule has 112 valence electrons. The smallest absolute Gasteiger partial charge is 0.407 e. The number of hydrogen-bond acceptors (Lipinski definition) is 3. The molecule has 0 aromatic heterocycles. The van der Waals surface area contributed by atoms with E-state index in [1.807, 2.05) is 26.8 Å². The summed E-state index contributed by atoms with van der Waals surface area (Å²) in [6.45, 7) is 14.2. The van der Waals surface area contributed by atoms with E-state index in [0.29, 0.717) is 12.6 Å². The van der Waals surface area contributed by atoms with Gasteiger partial charge >= 0.3 is 6.09 Å². The van der Waals surface area contributed by atoms with Crippen molar-refractivity contribution in [1.29, 1.82) is 0 Å². The highest BCUT2D eigenvalue weighted by Gasteiger charge is 2.17. The zero-order chi connectivity index (χ0) is 14.9. The van der Waals surface area contributed by atoms with Crippen molar-refractivity contribution >= 4 is 6.09 Å². The summed E-state index contributed by atoms with van der Waals surface area (Å²) >= 11 is 0. The third kappa shape index (κ3) is 10.6. The molecular formula is C15H30N2O2. The minimum absolute atomic E-state index is 0.271. The normalized spacial score (nSPS) is 14.6. The lowest BCUT2D eigenvalue weighted by Gasteiger charge is -2.24.